The molecule has 1 rings (SSSR count). The molecule has 21 heavy (non-hydrogen) atoms. The Labute approximate surface area is 129 Å². The van der Waals surface area contributed by atoms with Crippen LogP contribution in [0, 0.1) is 17.8 Å². The maximum absolute atomic E-state index is 11.8. The molecule has 0 aromatic heterocycles. The molecule has 3 nitrogen and oxygen atoms in total. The Morgan fingerprint density at radius 2 is 1.48 bits per heavy atom. The van der Waals surface area contributed by atoms with Gasteiger partial charge in [0.1, 0.15) is 0 Å². The normalized spacial score (nSPS) is 23.4. The minimum Gasteiger partial charge on any atom is -0.393 e. The zero-order valence-corrected chi connectivity index (χ0v) is 14.0. The average Bonchev–Trinajstić information content (AvgIpc) is 2.72. The maximum Gasteiger partial charge on any atom is 0.317 e. The fraction of sp³-hybridized carbons (Fsp3) is 0.889. The van der Waals surface area contributed by atoms with Crippen LogP contribution in [-0.4, -0.2) is 11.9 Å². The summed E-state index contributed by atoms with van der Waals surface area (Å²) in [5.41, 5.74) is 0. The molecule has 1 aliphatic rings. The van der Waals surface area contributed by atoms with Crippen molar-refractivity contribution in [1.82, 2.24) is 0 Å². The summed E-state index contributed by atoms with van der Waals surface area (Å²) in [6.45, 7) is 6.18. The van der Waals surface area contributed by atoms with Crippen molar-refractivity contribution < 1.29 is 14.3 Å². The van der Waals surface area contributed by atoms with E-state index in [0.717, 1.165) is 19.3 Å². The minimum absolute atomic E-state index is 0.202. The first-order valence-corrected chi connectivity index (χ1v) is 8.87. The van der Waals surface area contributed by atoms with Crippen LogP contribution in [0.5, 0.6) is 0 Å². The van der Waals surface area contributed by atoms with Crippen LogP contribution in [0.1, 0.15) is 85.0 Å². The molecule has 122 valence electrons. The zero-order chi connectivity index (χ0) is 15.7. The molecule has 3 unspecified atom stereocenters. The van der Waals surface area contributed by atoms with E-state index in [-0.39, 0.29) is 23.8 Å². The fourth-order valence-electron chi connectivity index (χ4n) is 3.39. The average molecular weight is 296 g/mol. The third-order valence-corrected chi connectivity index (χ3v) is 4.84. The first-order valence-electron chi connectivity index (χ1n) is 8.87. The van der Waals surface area contributed by atoms with Crippen LogP contribution in [-0.2, 0) is 14.3 Å². The highest BCUT2D eigenvalue weighted by Gasteiger charge is 2.44. The molecule has 1 fully saturated rings. The highest BCUT2D eigenvalue weighted by atomic mass is 16.6. The SMILES string of the molecule is CCCCCCCCCCC(CC)C1C(=O)OC(=O)C1C. The zero-order valence-electron chi connectivity index (χ0n) is 14.0. The van der Waals surface area contributed by atoms with Gasteiger partial charge in [-0.3, -0.25) is 9.59 Å². The Hall–Kier alpha value is -0.860. The molecule has 0 amide bonds. The van der Waals surface area contributed by atoms with Gasteiger partial charge in [-0.25, -0.2) is 0 Å². The van der Waals surface area contributed by atoms with Gasteiger partial charge in [0.2, 0.25) is 0 Å². The standard InChI is InChI=1S/C18H32O3/c1-4-6-7-8-9-10-11-12-13-15(5-2)16-14(3)17(19)21-18(16)20/h14-16H,4-13H2,1-3H3. The van der Waals surface area contributed by atoms with E-state index in [1.165, 1.54) is 44.9 Å². The van der Waals surface area contributed by atoms with Gasteiger partial charge < -0.3 is 4.74 Å². The van der Waals surface area contributed by atoms with E-state index in [2.05, 4.69) is 13.8 Å². The van der Waals surface area contributed by atoms with Crippen molar-refractivity contribution in [3.8, 4) is 0 Å². The van der Waals surface area contributed by atoms with Gasteiger partial charge >= 0.3 is 11.9 Å². The number of hydrogen-bond acceptors (Lipinski definition) is 3. The van der Waals surface area contributed by atoms with Crippen molar-refractivity contribution in [1.29, 1.82) is 0 Å². The second-order valence-corrected chi connectivity index (χ2v) is 6.49. The second kappa shape index (κ2) is 9.97. The molecule has 0 spiro atoms. The van der Waals surface area contributed by atoms with Gasteiger partial charge in [0.15, 0.2) is 0 Å². The Morgan fingerprint density at radius 3 is 1.95 bits per heavy atom. The van der Waals surface area contributed by atoms with Crippen LogP contribution < -0.4 is 0 Å². The first kappa shape index (κ1) is 18.2. The van der Waals surface area contributed by atoms with Gasteiger partial charge in [-0.15, -0.1) is 0 Å². The monoisotopic (exact) mass is 296 g/mol. The van der Waals surface area contributed by atoms with Crippen molar-refractivity contribution >= 4 is 11.9 Å². The molecule has 3 heteroatoms. The summed E-state index contributed by atoms with van der Waals surface area (Å²) in [5.74, 6) is -0.777. The number of ether oxygens (including phenoxy) is 1. The number of cyclic esters (lactones) is 2. The van der Waals surface area contributed by atoms with E-state index in [1.54, 1.807) is 0 Å². The van der Waals surface area contributed by atoms with Crippen LogP contribution in [0.4, 0.5) is 0 Å². The molecule has 0 radical (unpaired) electrons. The maximum atomic E-state index is 11.8. The Balaban J connectivity index is 2.20. The predicted molar refractivity (Wildman–Crippen MR) is 84.8 cm³/mol. The molecule has 0 aromatic carbocycles. The van der Waals surface area contributed by atoms with E-state index in [1.807, 2.05) is 6.92 Å². The molecule has 1 heterocycles. The summed E-state index contributed by atoms with van der Waals surface area (Å²) < 4.78 is 4.77. The lowest BCUT2D eigenvalue weighted by atomic mass is 9.79. The highest BCUT2D eigenvalue weighted by molar-refractivity contribution is 5.96. The molecular weight excluding hydrogens is 264 g/mol. The van der Waals surface area contributed by atoms with Gasteiger partial charge in [-0.05, 0) is 12.3 Å². The summed E-state index contributed by atoms with van der Waals surface area (Å²) in [6, 6.07) is 0. The van der Waals surface area contributed by atoms with Gasteiger partial charge in [-0.2, -0.15) is 0 Å². The van der Waals surface area contributed by atoms with E-state index in [0.29, 0.717) is 5.92 Å². The largest absolute Gasteiger partial charge is 0.393 e. The predicted octanol–water partition coefficient (Wildman–Crippen LogP) is 4.88. The Bertz CT molecular complexity index is 324. The van der Waals surface area contributed by atoms with E-state index in [9.17, 15) is 9.59 Å². The van der Waals surface area contributed by atoms with Gasteiger partial charge in [0, 0.05) is 0 Å². The number of carbonyl (C=O) groups excluding carboxylic acids is 2. The van der Waals surface area contributed by atoms with Crippen LogP contribution >= 0.6 is 0 Å². The molecule has 1 aliphatic heterocycles. The third-order valence-electron chi connectivity index (χ3n) is 4.84. The number of carbonyl (C=O) groups is 2. The second-order valence-electron chi connectivity index (χ2n) is 6.49. The molecule has 0 aromatic rings. The van der Waals surface area contributed by atoms with E-state index in [4.69, 9.17) is 4.74 Å². The first-order chi connectivity index (χ1) is 10.1. The lowest BCUT2D eigenvalue weighted by Crippen LogP contribution is -2.24. The van der Waals surface area contributed by atoms with Gasteiger partial charge in [-0.1, -0.05) is 78.6 Å². The number of rotatable bonds is 11. The van der Waals surface area contributed by atoms with Gasteiger partial charge in [0.05, 0.1) is 11.8 Å². The molecule has 0 N–H and O–H groups in total. The van der Waals surface area contributed by atoms with Crippen molar-refractivity contribution in [2.75, 3.05) is 0 Å². The van der Waals surface area contributed by atoms with Crippen LogP contribution in [0.2, 0.25) is 0 Å². The topological polar surface area (TPSA) is 43.4 Å². The Kier molecular flexibility index (Phi) is 8.63. The van der Waals surface area contributed by atoms with Crippen molar-refractivity contribution in [3.63, 3.8) is 0 Å². The number of unbranched alkanes of at least 4 members (excludes halogenated alkanes) is 7. The number of hydrogen-bond donors (Lipinski definition) is 0. The van der Waals surface area contributed by atoms with Crippen molar-refractivity contribution in [2.45, 2.75) is 85.0 Å². The van der Waals surface area contributed by atoms with Crippen molar-refractivity contribution in [2.24, 2.45) is 17.8 Å². The molecular formula is C18H32O3. The fourth-order valence-corrected chi connectivity index (χ4v) is 3.39. The molecule has 0 saturated carbocycles. The summed E-state index contributed by atoms with van der Waals surface area (Å²) in [7, 11) is 0. The van der Waals surface area contributed by atoms with E-state index < -0.39 is 0 Å². The molecule has 3 atom stereocenters. The molecule has 0 bridgehead atoms. The third kappa shape index (κ3) is 5.80. The Morgan fingerprint density at radius 1 is 0.905 bits per heavy atom. The quantitative estimate of drug-likeness (QED) is 0.310. The molecule has 1 saturated heterocycles. The summed E-state index contributed by atoms with van der Waals surface area (Å²) in [4.78, 5) is 23.3. The van der Waals surface area contributed by atoms with Crippen LogP contribution in [0.15, 0.2) is 0 Å². The van der Waals surface area contributed by atoms with Gasteiger partial charge in [0.25, 0.3) is 0 Å². The number of esters is 2. The smallest absolute Gasteiger partial charge is 0.317 e. The van der Waals surface area contributed by atoms with Crippen LogP contribution in [0.3, 0.4) is 0 Å². The minimum atomic E-state index is -0.334. The molecule has 0 aliphatic carbocycles. The lowest BCUT2D eigenvalue weighted by molar-refractivity contribution is -0.154. The summed E-state index contributed by atoms with van der Waals surface area (Å²) >= 11 is 0. The van der Waals surface area contributed by atoms with Crippen molar-refractivity contribution in [3.05, 3.63) is 0 Å². The summed E-state index contributed by atoms with van der Waals surface area (Å²) in [5, 5.41) is 0. The van der Waals surface area contributed by atoms with Crippen LogP contribution in [0.25, 0.3) is 0 Å². The highest BCUT2D eigenvalue weighted by Crippen LogP contribution is 2.34. The van der Waals surface area contributed by atoms with E-state index >= 15 is 0 Å². The summed E-state index contributed by atoms with van der Waals surface area (Å²) in [6.07, 6.45) is 12.4. The lowest BCUT2D eigenvalue weighted by Gasteiger charge is -2.21.